The molecular formula is C13H22N2O. The lowest BCUT2D eigenvalue weighted by atomic mass is 10.0. The van der Waals surface area contributed by atoms with Gasteiger partial charge < -0.3 is 10.1 Å². The number of hydrogen-bond acceptors (Lipinski definition) is 3. The van der Waals surface area contributed by atoms with E-state index in [-0.39, 0.29) is 0 Å². The fraction of sp³-hybridized carbons (Fsp3) is 0.615. The maximum atomic E-state index is 5.08. The Hall–Kier alpha value is -0.930. The second kappa shape index (κ2) is 6.61. The van der Waals surface area contributed by atoms with Crippen LogP contribution in [0.25, 0.3) is 0 Å². The van der Waals surface area contributed by atoms with Crippen molar-refractivity contribution in [3.63, 3.8) is 0 Å². The van der Waals surface area contributed by atoms with Crippen LogP contribution in [0.1, 0.15) is 35.8 Å². The molecule has 0 bridgehead atoms. The molecule has 1 aromatic heterocycles. The summed E-state index contributed by atoms with van der Waals surface area (Å²) < 4.78 is 5.08. The van der Waals surface area contributed by atoms with Crippen molar-refractivity contribution >= 4 is 0 Å². The first kappa shape index (κ1) is 13.1. The Balaban J connectivity index is 2.70. The van der Waals surface area contributed by atoms with Gasteiger partial charge in [-0.15, -0.1) is 0 Å². The van der Waals surface area contributed by atoms with E-state index in [9.17, 15) is 0 Å². The van der Waals surface area contributed by atoms with Crippen LogP contribution in [-0.2, 0) is 4.74 Å². The Bertz CT molecular complexity index is 305. The van der Waals surface area contributed by atoms with Crippen molar-refractivity contribution in [3.05, 3.63) is 29.1 Å². The van der Waals surface area contributed by atoms with Crippen LogP contribution in [0.2, 0.25) is 0 Å². The van der Waals surface area contributed by atoms with Crippen LogP contribution in [-0.4, -0.2) is 25.7 Å². The molecule has 1 unspecified atom stereocenters. The molecule has 0 aliphatic rings. The van der Waals surface area contributed by atoms with Gasteiger partial charge >= 0.3 is 0 Å². The van der Waals surface area contributed by atoms with Gasteiger partial charge in [-0.2, -0.15) is 0 Å². The standard InChI is InChI=1S/C13H22N2O/c1-10-8-12(9-11(2)15-10)13(14-3)6-5-7-16-4/h8-9,13-14H,5-7H2,1-4H3. The fourth-order valence-electron chi connectivity index (χ4n) is 1.98. The molecule has 0 aromatic carbocycles. The first-order valence-electron chi connectivity index (χ1n) is 5.78. The van der Waals surface area contributed by atoms with Crippen molar-refractivity contribution in [2.24, 2.45) is 0 Å². The molecule has 1 rings (SSSR count). The number of hydrogen-bond donors (Lipinski definition) is 1. The zero-order valence-corrected chi connectivity index (χ0v) is 10.7. The molecule has 0 aliphatic heterocycles. The maximum Gasteiger partial charge on any atom is 0.0462 e. The van der Waals surface area contributed by atoms with Crippen molar-refractivity contribution in [2.75, 3.05) is 20.8 Å². The molecular weight excluding hydrogens is 200 g/mol. The smallest absolute Gasteiger partial charge is 0.0462 e. The van der Waals surface area contributed by atoms with Gasteiger partial charge in [0.2, 0.25) is 0 Å². The summed E-state index contributed by atoms with van der Waals surface area (Å²) >= 11 is 0. The van der Waals surface area contributed by atoms with E-state index in [4.69, 9.17) is 4.74 Å². The molecule has 1 atom stereocenters. The number of ether oxygens (including phenoxy) is 1. The van der Waals surface area contributed by atoms with Gasteiger partial charge in [-0.1, -0.05) is 0 Å². The summed E-state index contributed by atoms with van der Waals surface area (Å²) in [4.78, 5) is 4.39. The molecule has 0 saturated heterocycles. The van der Waals surface area contributed by atoms with Crippen LogP contribution >= 0.6 is 0 Å². The summed E-state index contributed by atoms with van der Waals surface area (Å²) in [6, 6.07) is 4.71. The summed E-state index contributed by atoms with van der Waals surface area (Å²) in [6.45, 7) is 4.90. The summed E-state index contributed by atoms with van der Waals surface area (Å²) in [5.41, 5.74) is 3.49. The van der Waals surface area contributed by atoms with E-state index in [2.05, 4.69) is 22.4 Å². The summed E-state index contributed by atoms with van der Waals surface area (Å²) in [7, 11) is 3.75. The molecule has 16 heavy (non-hydrogen) atoms. The van der Waals surface area contributed by atoms with E-state index < -0.39 is 0 Å². The number of methoxy groups -OCH3 is 1. The van der Waals surface area contributed by atoms with E-state index in [0.717, 1.165) is 30.8 Å². The minimum absolute atomic E-state index is 0.399. The van der Waals surface area contributed by atoms with E-state index in [1.807, 2.05) is 20.9 Å². The Morgan fingerprint density at radius 2 is 1.94 bits per heavy atom. The zero-order chi connectivity index (χ0) is 12.0. The van der Waals surface area contributed by atoms with Gasteiger partial charge in [-0.3, -0.25) is 4.98 Å². The molecule has 3 heteroatoms. The molecule has 1 N–H and O–H groups in total. The summed E-state index contributed by atoms with van der Waals surface area (Å²) in [5, 5.41) is 3.35. The van der Waals surface area contributed by atoms with E-state index in [1.165, 1.54) is 5.56 Å². The molecule has 0 radical (unpaired) electrons. The molecule has 1 aromatic rings. The van der Waals surface area contributed by atoms with Crippen LogP contribution in [0.15, 0.2) is 12.1 Å². The SMILES string of the molecule is CNC(CCCOC)c1cc(C)nc(C)c1. The van der Waals surface area contributed by atoms with Crippen LogP contribution < -0.4 is 5.32 Å². The number of rotatable bonds is 6. The Labute approximate surface area is 98.2 Å². The normalized spacial score (nSPS) is 12.8. The number of pyridine rings is 1. The fourth-order valence-corrected chi connectivity index (χ4v) is 1.98. The van der Waals surface area contributed by atoms with Gasteiger partial charge in [0.1, 0.15) is 0 Å². The first-order chi connectivity index (χ1) is 7.67. The minimum atomic E-state index is 0.399. The molecule has 0 aliphatic carbocycles. The number of aromatic nitrogens is 1. The van der Waals surface area contributed by atoms with Crippen molar-refractivity contribution < 1.29 is 4.74 Å². The second-order valence-electron chi connectivity index (χ2n) is 4.16. The van der Waals surface area contributed by atoms with E-state index >= 15 is 0 Å². The van der Waals surface area contributed by atoms with Crippen LogP contribution in [0.5, 0.6) is 0 Å². The quantitative estimate of drug-likeness (QED) is 0.750. The predicted octanol–water partition coefficient (Wildman–Crippen LogP) is 2.39. The van der Waals surface area contributed by atoms with Crippen molar-refractivity contribution in [3.8, 4) is 0 Å². The zero-order valence-electron chi connectivity index (χ0n) is 10.7. The highest BCUT2D eigenvalue weighted by Gasteiger charge is 2.09. The number of aryl methyl sites for hydroxylation is 2. The van der Waals surface area contributed by atoms with Gasteiger partial charge in [-0.05, 0) is 51.4 Å². The highest BCUT2D eigenvalue weighted by Crippen LogP contribution is 2.19. The summed E-state index contributed by atoms with van der Waals surface area (Å²) in [6.07, 6.45) is 2.16. The topological polar surface area (TPSA) is 34.1 Å². The molecule has 1 heterocycles. The monoisotopic (exact) mass is 222 g/mol. The molecule has 90 valence electrons. The average molecular weight is 222 g/mol. The Morgan fingerprint density at radius 1 is 1.31 bits per heavy atom. The van der Waals surface area contributed by atoms with Crippen molar-refractivity contribution in [1.82, 2.24) is 10.3 Å². The van der Waals surface area contributed by atoms with Gasteiger partial charge in [0.05, 0.1) is 0 Å². The highest BCUT2D eigenvalue weighted by atomic mass is 16.5. The molecule has 0 saturated carbocycles. The lowest BCUT2D eigenvalue weighted by Gasteiger charge is -2.17. The van der Waals surface area contributed by atoms with Crippen LogP contribution in [0.4, 0.5) is 0 Å². The lowest BCUT2D eigenvalue weighted by molar-refractivity contribution is 0.189. The predicted molar refractivity (Wildman–Crippen MR) is 66.6 cm³/mol. The Kier molecular flexibility index (Phi) is 5.43. The lowest BCUT2D eigenvalue weighted by Crippen LogP contribution is -2.17. The third-order valence-electron chi connectivity index (χ3n) is 2.70. The maximum absolute atomic E-state index is 5.08. The minimum Gasteiger partial charge on any atom is -0.385 e. The number of nitrogens with zero attached hydrogens (tertiary/aromatic N) is 1. The van der Waals surface area contributed by atoms with E-state index in [0.29, 0.717) is 6.04 Å². The average Bonchev–Trinajstić information content (AvgIpc) is 2.23. The first-order valence-corrected chi connectivity index (χ1v) is 5.78. The number of nitrogens with one attached hydrogen (secondary N) is 1. The second-order valence-corrected chi connectivity index (χ2v) is 4.16. The van der Waals surface area contributed by atoms with Crippen molar-refractivity contribution in [1.29, 1.82) is 0 Å². The highest BCUT2D eigenvalue weighted by molar-refractivity contribution is 5.23. The van der Waals surface area contributed by atoms with Gasteiger partial charge in [-0.25, -0.2) is 0 Å². The molecule has 0 fully saturated rings. The Morgan fingerprint density at radius 3 is 2.44 bits per heavy atom. The van der Waals surface area contributed by atoms with E-state index in [1.54, 1.807) is 7.11 Å². The van der Waals surface area contributed by atoms with Crippen molar-refractivity contribution in [2.45, 2.75) is 32.7 Å². The van der Waals surface area contributed by atoms with Gasteiger partial charge in [0, 0.05) is 31.1 Å². The largest absolute Gasteiger partial charge is 0.385 e. The van der Waals surface area contributed by atoms with Crippen LogP contribution in [0, 0.1) is 13.8 Å². The molecule has 0 spiro atoms. The third-order valence-corrected chi connectivity index (χ3v) is 2.70. The molecule has 0 amide bonds. The van der Waals surface area contributed by atoms with Gasteiger partial charge in [0.15, 0.2) is 0 Å². The summed E-state index contributed by atoms with van der Waals surface area (Å²) in [5.74, 6) is 0. The van der Waals surface area contributed by atoms with Crippen LogP contribution in [0.3, 0.4) is 0 Å². The third kappa shape index (κ3) is 3.91. The molecule has 3 nitrogen and oxygen atoms in total. The van der Waals surface area contributed by atoms with Gasteiger partial charge in [0.25, 0.3) is 0 Å².